The first kappa shape index (κ1) is 15.1. The molecule has 0 saturated carbocycles. The molecule has 0 saturated heterocycles. The highest BCUT2D eigenvalue weighted by Crippen LogP contribution is 2.11. The van der Waals surface area contributed by atoms with Gasteiger partial charge in [0.2, 0.25) is 10.0 Å². The maximum Gasteiger partial charge on any atom is 0.240 e. The molecule has 18 heavy (non-hydrogen) atoms. The van der Waals surface area contributed by atoms with Crippen LogP contribution in [0.25, 0.3) is 0 Å². The summed E-state index contributed by atoms with van der Waals surface area (Å²) in [6, 6.07) is 5.74. The van der Waals surface area contributed by atoms with Crippen molar-refractivity contribution in [3.8, 4) is 0 Å². The van der Waals surface area contributed by atoms with Crippen molar-refractivity contribution in [2.24, 2.45) is 5.92 Å². The number of nitrogens with one attached hydrogen (secondary N) is 1. The van der Waals surface area contributed by atoms with Gasteiger partial charge in [-0.05, 0) is 18.1 Å². The van der Waals surface area contributed by atoms with Crippen molar-refractivity contribution in [2.45, 2.75) is 18.7 Å². The number of benzene rings is 1. The smallest absolute Gasteiger partial charge is 0.240 e. The molecule has 100 valence electrons. The second-order valence-electron chi connectivity index (χ2n) is 4.33. The van der Waals surface area contributed by atoms with Crippen LogP contribution in [0.4, 0.5) is 0 Å². The number of ketones is 1. The van der Waals surface area contributed by atoms with Crippen molar-refractivity contribution in [2.75, 3.05) is 12.4 Å². The topological polar surface area (TPSA) is 63.2 Å². The number of carbonyl (C=O) groups excluding carboxylic acids is 1. The molecular weight excluding hydrogens is 274 g/mol. The van der Waals surface area contributed by atoms with E-state index in [1.165, 1.54) is 24.3 Å². The molecule has 1 N–H and O–H groups in total. The summed E-state index contributed by atoms with van der Waals surface area (Å²) in [7, 11) is -3.50. The van der Waals surface area contributed by atoms with Crippen LogP contribution in [-0.4, -0.2) is 26.6 Å². The Morgan fingerprint density at radius 3 is 2.28 bits per heavy atom. The largest absolute Gasteiger partial charge is 0.293 e. The second kappa shape index (κ2) is 6.31. The predicted octanol–water partition coefficient (Wildman–Crippen LogP) is 2.04. The lowest BCUT2D eigenvalue weighted by Crippen LogP contribution is -2.27. The molecule has 0 bridgehead atoms. The average Bonchev–Trinajstić information content (AvgIpc) is 2.36. The zero-order valence-corrected chi connectivity index (χ0v) is 11.9. The van der Waals surface area contributed by atoms with Crippen LogP contribution in [0.3, 0.4) is 0 Å². The fourth-order valence-electron chi connectivity index (χ4n) is 1.26. The van der Waals surface area contributed by atoms with Crippen molar-refractivity contribution in [3.63, 3.8) is 0 Å². The average molecular weight is 290 g/mol. The third-order valence-corrected chi connectivity index (χ3v) is 3.97. The van der Waals surface area contributed by atoms with Gasteiger partial charge in [-0.15, -0.1) is 11.6 Å². The maximum absolute atomic E-state index is 11.9. The van der Waals surface area contributed by atoms with E-state index in [2.05, 4.69) is 4.72 Å². The van der Waals surface area contributed by atoms with E-state index in [0.29, 0.717) is 12.1 Å². The van der Waals surface area contributed by atoms with E-state index >= 15 is 0 Å². The van der Waals surface area contributed by atoms with Gasteiger partial charge in [0.1, 0.15) is 0 Å². The third-order valence-electron chi connectivity index (χ3n) is 2.29. The van der Waals surface area contributed by atoms with Crippen molar-refractivity contribution >= 4 is 27.4 Å². The Morgan fingerprint density at radius 2 is 1.83 bits per heavy atom. The SMILES string of the molecule is CC(C)CNS(=O)(=O)c1ccc(C(=O)CCl)cc1. The molecule has 6 heteroatoms. The summed E-state index contributed by atoms with van der Waals surface area (Å²) in [5, 5.41) is 0. The molecule has 0 heterocycles. The van der Waals surface area contributed by atoms with Gasteiger partial charge in [0.05, 0.1) is 10.8 Å². The summed E-state index contributed by atoms with van der Waals surface area (Å²) in [4.78, 5) is 11.4. The highest BCUT2D eigenvalue weighted by atomic mass is 35.5. The Kier molecular flexibility index (Phi) is 5.31. The van der Waals surface area contributed by atoms with Crippen LogP contribution in [-0.2, 0) is 10.0 Å². The summed E-state index contributed by atoms with van der Waals surface area (Å²) in [5.41, 5.74) is 0.410. The van der Waals surface area contributed by atoms with Crippen LogP contribution < -0.4 is 4.72 Å². The molecule has 1 rings (SSSR count). The summed E-state index contributed by atoms with van der Waals surface area (Å²) >= 11 is 5.42. The quantitative estimate of drug-likeness (QED) is 0.644. The fourth-order valence-corrected chi connectivity index (χ4v) is 2.62. The first-order valence-corrected chi connectivity index (χ1v) is 7.57. The van der Waals surface area contributed by atoms with Crippen LogP contribution in [0, 0.1) is 5.92 Å². The number of alkyl halides is 1. The summed E-state index contributed by atoms with van der Waals surface area (Å²) in [6.45, 7) is 4.22. The Bertz CT molecular complexity index is 509. The van der Waals surface area contributed by atoms with Gasteiger partial charge in [0, 0.05) is 12.1 Å². The first-order chi connectivity index (χ1) is 8.36. The van der Waals surface area contributed by atoms with Gasteiger partial charge in [-0.25, -0.2) is 13.1 Å². The molecule has 0 radical (unpaired) electrons. The van der Waals surface area contributed by atoms with Crippen LogP contribution in [0.1, 0.15) is 24.2 Å². The lowest BCUT2D eigenvalue weighted by molar-refractivity contribution is 0.102. The molecule has 0 aromatic heterocycles. The van der Waals surface area contributed by atoms with E-state index in [4.69, 9.17) is 11.6 Å². The second-order valence-corrected chi connectivity index (χ2v) is 6.36. The molecule has 0 amide bonds. The molecule has 0 aliphatic heterocycles. The molecular formula is C12H16ClNO3S. The van der Waals surface area contributed by atoms with Crippen molar-refractivity contribution in [1.82, 2.24) is 4.72 Å². The lowest BCUT2D eigenvalue weighted by atomic mass is 10.1. The number of hydrogen-bond donors (Lipinski definition) is 1. The number of sulfonamides is 1. The minimum absolute atomic E-state index is 0.113. The number of rotatable bonds is 6. The number of carbonyl (C=O) groups is 1. The highest BCUT2D eigenvalue weighted by molar-refractivity contribution is 7.89. The Hall–Kier alpha value is -0.910. The Balaban J connectivity index is 2.87. The van der Waals surface area contributed by atoms with Gasteiger partial charge in [-0.3, -0.25) is 4.79 Å². The molecule has 0 unspecified atom stereocenters. The monoisotopic (exact) mass is 289 g/mol. The summed E-state index contributed by atoms with van der Waals surface area (Å²) < 4.78 is 26.2. The van der Waals surface area contributed by atoms with Gasteiger partial charge >= 0.3 is 0 Å². The van der Waals surface area contributed by atoms with Gasteiger partial charge < -0.3 is 0 Å². The van der Waals surface area contributed by atoms with Crippen LogP contribution in [0.15, 0.2) is 29.2 Å². The number of halogens is 1. The van der Waals surface area contributed by atoms with Gasteiger partial charge in [-0.1, -0.05) is 26.0 Å². The third kappa shape index (κ3) is 4.08. The van der Waals surface area contributed by atoms with Gasteiger partial charge in [0.15, 0.2) is 5.78 Å². The molecule has 1 aromatic rings. The molecule has 0 fully saturated rings. The van der Waals surface area contributed by atoms with Crippen LogP contribution in [0.2, 0.25) is 0 Å². The zero-order valence-electron chi connectivity index (χ0n) is 10.3. The van der Waals surface area contributed by atoms with E-state index in [1.807, 2.05) is 13.8 Å². The molecule has 0 atom stereocenters. The van der Waals surface area contributed by atoms with Crippen LogP contribution >= 0.6 is 11.6 Å². The zero-order chi connectivity index (χ0) is 13.8. The molecule has 0 spiro atoms. The van der Waals surface area contributed by atoms with Gasteiger partial charge in [0.25, 0.3) is 0 Å². The molecule has 1 aromatic carbocycles. The lowest BCUT2D eigenvalue weighted by Gasteiger charge is -2.09. The minimum Gasteiger partial charge on any atom is -0.293 e. The number of Topliss-reactive ketones (excluding diaryl/α,β-unsaturated/α-hetero) is 1. The van der Waals surface area contributed by atoms with Gasteiger partial charge in [-0.2, -0.15) is 0 Å². The highest BCUT2D eigenvalue weighted by Gasteiger charge is 2.14. The molecule has 0 aliphatic rings. The molecule has 0 aliphatic carbocycles. The van der Waals surface area contributed by atoms with E-state index in [1.54, 1.807) is 0 Å². The standard InChI is InChI=1S/C12H16ClNO3S/c1-9(2)8-14-18(16,17)11-5-3-10(4-6-11)12(15)7-13/h3-6,9,14H,7-8H2,1-2H3. The number of hydrogen-bond acceptors (Lipinski definition) is 3. The van der Waals surface area contributed by atoms with E-state index in [-0.39, 0.29) is 22.5 Å². The minimum atomic E-state index is -3.50. The van der Waals surface area contributed by atoms with Crippen LogP contribution in [0.5, 0.6) is 0 Å². The summed E-state index contributed by atoms with van der Waals surface area (Å²) in [6.07, 6.45) is 0. The van der Waals surface area contributed by atoms with Crippen molar-refractivity contribution < 1.29 is 13.2 Å². The van der Waals surface area contributed by atoms with Crippen molar-refractivity contribution in [3.05, 3.63) is 29.8 Å². The summed E-state index contributed by atoms with van der Waals surface area (Å²) in [5.74, 6) is -0.106. The maximum atomic E-state index is 11.9. The van der Waals surface area contributed by atoms with Crippen molar-refractivity contribution in [1.29, 1.82) is 0 Å². The van der Waals surface area contributed by atoms with E-state index in [9.17, 15) is 13.2 Å². The predicted molar refractivity (Wildman–Crippen MR) is 71.5 cm³/mol. The molecule has 4 nitrogen and oxygen atoms in total. The normalized spacial score (nSPS) is 11.8. The Labute approximate surface area is 112 Å². The van der Waals surface area contributed by atoms with E-state index < -0.39 is 10.0 Å². The van der Waals surface area contributed by atoms with E-state index in [0.717, 1.165) is 0 Å². The fraction of sp³-hybridized carbons (Fsp3) is 0.417. The first-order valence-electron chi connectivity index (χ1n) is 5.55. The Morgan fingerprint density at radius 1 is 1.28 bits per heavy atom.